The van der Waals surface area contributed by atoms with E-state index in [9.17, 15) is 28.1 Å². The first-order chi connectivity index (χ1) is 16.6. The maximum Gasteiger partial charge on any atom is 0.416 e. The molecule has 2 heterocycles. The van der Waals surface area contributed by atoms with Gasteiger partial charge in [0.1, 0.15) is 17.3 Å². The highest BCUT2D eigenvalue weighted by molar-refractivity contribution is 8.27. The third kappa shape index (κ3) is 5.08. The Morgan fingerprint density at radius 2 is 1.97 bits per heavy atom. The van der Waals surface area contributed by atoms with Gasteiger partial charge in [0.15, 0.2) is 4.32 Å². The van der Waals surface area contributed by atoms with E-state index in [0.717, 1.165) is 28.8 Å². The van der Waals surface area contributed by atoms with Crippen LogP contribution in [0, 0.1) is 10.1 Å². The number of carbonyl (C=O) groups is 1. The summed E-state index contributed by atoms with van der Waals surface area (Å²) in [5.41, 5.74) is -0.904. The lowest BCUT2D eigenvalue weighted by atomic mass is 10.1. The van der Waals surface area contributed by atoms with E-state index in [1.165, 1.54) is 42.5 Å². The van der Waals surface area contributed by atoms with Gasteiger partial charge in [0, 0.05) is 6.08 Å². The summed E-state index contributed by atoms with van der Waals surface area (Å²) in [6, 6.07) is 11.7. The Bertz CT molecular complexity index is 1370. The van der Waals surface area contributed by atoms with Gasteiger partial charge in [-0.1, -0.05) is 30.0 Å². The zero-order valence-corrected chi connectivity index (χ0v) is 19.5. The summed E-state index contributed by atoms with van der Waals surface area (Å²) in [7, 11) is 0. The van der Waals surface area contributed by atoms with Gasteiger partial charge in [-0.2, -0.15) is 13.2 Å². The summed E-state index contributed by atoms with van der Waals surface area (Å²) < 4.78 is 50.3. The van der Waals surface area contributed by atoms with Crippen LogP contribution in [0.15, 0.2) is 63.9 Å². The van der Waals surface area contributed by atoms with Crippen molar-refractivity contribution in [2.45, 2.75) is 13.1 Å². The van der Waals surface area contributed by atoms with Crippen molar-refractivity contribution in [2.24, 2.45) is 0 Å². The van der Waals surface area contributed by atoms with Crippen LogP contribution in [0.4, 0.5) is 24.5 Å². The van der Waals surface area contributed by atoms with Crippen LogP contribution < -0.4 is 9.64 Å². The van der Waals surface area contributed by atoms with Crippen LogP contribution in [-0.4, -0.2) is 21.8 Å². The highest BCUT2D eigenvalue weighted by Gasteiger charge is 2.36. The van der Waals surface area contributed by atoms with E-state index in [1.807, 2.05) is 0 Å². The van der Waals surface area contributed by atoms with Crippen molar-refractivity contribution in [3.63, 3.8) is 0 Å². The quantitative estimate of drug-likeness (QED) is 0.155. The number of nitrogens with zero attached hydrogens (tertiary/aromatic N) is 2. The number of rotatable bonds is 6. The molecule has 0 unspecified atom stereocenters. The molecule has 1 aromatic heterocycles. The van der Waals surface area contributed by atoms with Crippen LogP contribution in [-0.2, 0) is 11.0 Å². The standard InChI is InChI=1S/C23H15F3N2O5S2/c1-2-32-15-6-8-17(18(11-15)28(30)31)19-9-7-16(33-19)12-20-21(29)27(22(34)35-20)14-5-3-4-13(10-14)23(24,25)26/h3-12H,2H2,1H3. The number of halogens is 3. The Kier molecular flexibility index (Phi) is 6.68. The maximum absolute atomic E-state index is 13.1. The number of thiocarbonyl (C=S) groups is 1. The van der Waals surface area contributed by atoms with E-state index in [0.29, 0.717) is 12.4 Å². The average molecular weight is 521 g/mol. The van der Waals surface area contributed by atoms with Crippen LogP contribution in [0.1, 0.15) is 18.2 Å². The van der Waals surface area contributed by atoms with Crippen molar-refractivity contribution in [2.75, 3.05) is 11.5 Å². The zero-order valence-electron chi connectivity index (χ0n) is 17.9. The molecule has 0 saturated carbocycles. The predicted molar refractivity (Wildman–Crippen MR) is 129 cm³/mol. The molecule has 7 nitrogen and oxygen atoms in total. The van der Waals surface area contributed by atoms with Gasteiger partial charge in [-0.25, -0.2) is 0 Å². The van der Waals surface area contributed by atoms with E-state index in [4.69, 9.17) is 21.4 Å². The largest absolute Gasteiger partial charge is 0.494 e. The van der Waals surface area contributed by atoms with Gasteiger partial charge in [-0.05, 0) is 49.4 Å². The molecule has 1 saturated heterocycles. The second-order valence-corrected chi connectivity index (χ2v) is 8.81. The van der Waals surface area contributed by atoms with Gasteiger partial charge in [-0.3, -0.25) is 19.8 Å². The molecule has 0 aliphatic carbocycles. The smallest absolute Gasteiger partial charge is 0.416 e. The van der Waals surface area contributed by atoms with Gasteiger partial charge in [-0.15, -0.1) is 0 Å². The number of anilines is 1. The molecule has 180 valence electrons. The van der Waals surface area contributed by atoms with Gasteiger partial charge in [0.2, 0.25) is 0 Å². The van der Waals surface area contributed by atoms with Crippen molar-refractivity contribution in [3.8, 4) is 17.1 Å². The first kappa shape index (κ1) is 24.5. The monoisotopic (exact) mass is 520 g/mol. The van der Waals surface area contributed by atoms with Crippen molar-refractivity contribution in [1.29, 1.82) is 0 Å². The van der Waals surface area contributed by atoms with E-state index in [2.05, 4.69) is 0 Å². The van der Waals surface area contributed by atoms with Crippen molar-refractivity contribution in [1.82, 2.24) is 0 Å². The number of hydrogen-bond acceptors (Lipinski definition) is 7. The zero-order chi connectivity index (χ0) is 25.3. The van der Waals surface area contributed by atoms with Gasteiger partial charge in [0.05, 0.1) is 39.3 Å². The molecule has 3 aromatic rings. The molecule has 1 aliphatic rings. The van der Waals surface area contributed by atoms with Crippen molar-refractivity contribution >= 4 is 51.7 Å². The molecule has 0 spiro atoms. The minimum Gasteiger partial charge on any atom is -0.494 e. The first-order valence-electron chi connectivity index (χ1n) is 10.0. The second kappa shape index (κ2) is 9.55. The highest BCUT2D eigenvalue weighted by atomic mass is 32.2. The normalized spacial score (nSPS) is 15.2. The predicted octanol–water partition coefficient (Wildman–Crippen LogP) is 6.68. The summed E-state index contributed by atoms with van der Waals surface area (Å²) in [4.78, 5) is 25.0. The number of ether oxygens (including phenoxy) is 1. The third-order valence-electron chi connectivity index (χ3n) is 4.87. The minimum atomic E-state index is -4.57. The number of benzene rings is 2. The third-order valence-corrected chi connectivity index (χ3v) is 6.17. The fraction of sp³-hybridized carbons (Fsp3) is 0.130. The molecule has 0 radical (unpaired) electrons. The van der Waals surface area contributed by atoms with E-state index >= 15 is 0 Å². The number of alkyl halides is 3. The molecular formula is C23H15F3N2O5S2. The van der Waals surface area contributed by atoms with E-state index in [-0.39, 0.29) is 37.7 Å². The molecule has 1 aliphatic heterocycles. The van der Waals surface area contributed by atoms with Gasteiger partial charge < -0.3 is 9.15 Å². The van der Waals surface area contributed by atoms with Gasteiger partial charge in [0.25, 0.3) is 11.6 Å². The second-order valence-electron chi connectivity index (χ2n) is 7.14. The molecule has 2 aromatic carbocycles. The minimum absolute atomic E-state index is 0.00382. The summed E-state index contributed by atoms with van der Waals surface area (Å²) in [5, 5.41) is 11.5. The van der Waals surface area contributed by atoms with E-state index < -0.39 is 22.6 Å². The van der Waals surface area contributed by atoms with E-state index in [1.54, 1.807) is 13.0 Å². The number of carbonyl (C=O) groups excluding carboxylic acids is 1. The SMILES string of the molecule is CCOc1ccc(-c2ccc(C=C3SC(=S)N(c4cccc(C(F)(F)F)c4)C3=O)o2)c([N+](=O)[O-])c1. The molecule has 1 amide bonds. The summed E-state index contributed by atoms with van der Waals surface area (Å²) in [6.45, 7) is 2.11. The number of nitro groups is 1. The lowest BCUT2D eigenvalue weighted by molar-refractivity contribution is -0.384. The summed E-state index contributed by atoms with van der Waals surface area (Å²) in [6.07, 6.45) is -3.18. The molecule has 0 bridgehead atoms. The lowest BCUT2D eigenvalue weighted by Gasteiger charge is -2.16. The first-order valence-corrected chi connectivity index (χ1v) is 11.3. The molecule has 4 rings (SSSR count). The number of thioether (sulfide) groups is 1. The van der Waals surface area contributed by atoms with Crippen molar-refractivity contribution in [3.05, 3.63) is 80.9 Å². The number of nitro benzene ring substituents is 1. The highest BCUT2D eigenvalue weighted by Crippen LogP contribution is 2.39. The van der Waals surface area contributed by atoms with Crippen LogP contribution in [0.3, 0.4) is 0 Å². The molecule has 0 N–H and O–H groups in total. The Hall–Kier alpha value is -3.64. The Labute approximate surface area is 206 Å². The van der Waals surface area contributed by atoms with Crippen LogP contribution in [0.5, 0.6) is 5.75 Å². The number of furan rings is 1. The Morgan fingerprint density at radius 3 is 2.66 bits per heavy atom. The fourth-order valence-electron chi connectivity index (χ4n) is 3.34. The Morgan fingerprint density at radius 1 is 1.20 bits per heavy atom. The van der Waals surface area contributed by atoms with Crippen molar-refractivity contribution < 1.29 is 32.0 Å². The van der Waals surface area contributed by atoms with Crippen LogP contribution in [0.25, 0.3) is 17.4 Å². The van der Waals surface area contributed by atoms with Crippen LogP contribution >= 0.6 is 24.0 Å². The number of amides is 1. The lowest BCUT2D eigenvalue weighted by Crippen LogP contribution is -2.27. The van der Waals surface area contributed by atoms with Gasteiger partial charge >= 0.3 is 6.18 Å². The molecule has 12 heteroatoms. The topological polar surface area (TPSA) is 85.8 Å². The molecule has 0 atom stereocenters. The molecule has 1 fully saturated rings. The molecule has 35 heavy (non-hydrogen) atoms. The average Bonchev–Trinajstić information content (AvgIpc) is 3.37. The van der Waals surface area contributed by atoms with Crippen LogP contribution in [0.2, 0.25) is 0 Å². The maximum atomic E-state index is 13.1. The Balaban J connectivity index is 1.62. The fourth-order valence-corrected chi connectivity index (χ4v) is 4.62. The molecular weight excluding hydrogens is 505 g/mol. The summed E-state index contributed by atoms with van der Waals surface area (Å²) >= 11 is 6.13. The number of hydrogen-bond donors (Lipinski definition) is 0. The summed E-state index contributed by atoms with van der Waals surface area (Å²) in [5.74, 6) is 0.143.